The Bertz CT molecular complexity index is 550. The van der Waals surface area contributed by atoms with E-state index in [-0.39, 0.29) is 22.0 Å². The van der Waals surface area contributed by atoms with E-state index in [2.05, 4.69) is 5.10 Å². The molecule has 0 saturated carbocycles. The second kappa shape index (κ2) is 4.09. The monoisotopic (exact) mass is 276 g/mol. The van der Waals surface area contributed by atoms with Crippen LogP contribution in [0.25, 0.3) is 0 Å². The molecule has 1 aliphatic rings. The van der Waals surface area contributed by atoms with Crippen LogP contribution >= 0.6 is 0 Å². The Labute approximate surface area is 106 Å². The Balaban J connectivity index is 2.42. The van der Waals surface area contributed by atoms with Gasteiger partial charge in [-0.05, 0) is 19.9 Å². The van der Waals surface area contributed by atoms with Gasteiger partial charge in [-0.15, -0.1) is 0 Å². The van der Waals surface area contributed by atoms with Gasteiger partial charge >= 0.3 is 6.18 Å². The fourth-order valence-electron chi connectivity index (χ4n) is 1.88. The lowest BCUT2D eigenvalue weighted by molar-refractivity contribution is -0.297. The molecule has 0 saturated heterocycles. The van der Waals surface area contributed by atoms with E-state index in [9.17, 15) is 23.1 Å². The summed E-state index contributed by atoms with van der Waals surface area (Å²) in [4.78, 5) is 12.0. The molecule has 0 bridgehead atoms. The molecule has 2 rings (SSSR count). The molecular weight excluding hydrogens is 265 g/mol. The highest BCUT2D eigenvalue weighted by Gasteiger charge is 2.62. The maximum absolute atomic E-state index is 12.9. The van der Waals surface area contributed by atoms with Crippen molar-refractivity contribution < 1.29 is 27.5 Å². The third kappa shape index (κ3) is 2.01. The van der Waals surface area contributed by atoms with Crippen LogP contribution in [0.2, 0.25) is 0 Å². The van der Waals surface area contributed by atoms with E-state index in [1.165, 1.54) is 26.2 Å². The van der Waals surface area contributed by atoms with Crippen molar-refractivity contribution in [1.29, 1.82) is 0 Å². The van der Waals surface area contributed by atoms with Crippen molar-refractivity contribution in [1.82, 2.24) is 5.01 Å². The van der Waals surface area contributed by atoms with Gasteiger partial charge in [-0.3, -0.25) is 4.79 Å². The molecule has 0 fully saturated rings. The van der Waals surface area contributed by atoms with Crippen molar-refractivity contribution in [2.45, 2.75) is 32.2 Å². The van der Waals surface area contributed by atoms with Crippen molar-refractivity contribution in [3.63, 3.8) is 0 Å². The maximum atomic E-state index is 12.9. The van der Waals surface area contributed by atoms with Crippen LogP contribution in [0.15, 0.2) is 21.8 Å². The molecule has 0 unspecified atom stereocenters. The second-order valence-electron chi connectivity index (χ2n) is 4.33. The van der Waals surface area contributed by atoms with Gasteiger partial charge in [0.15, 0.2) is 0 Å². The summed E-state index contributed by atoms with van der Waals surface area (Å²) in [5, 5.41) is 13.3. The van der Waals surface area contributed by atoms with Crippen molar-refractivity contribution in [3.8, 4) is 0 Å². The number of carbonyl (C=O) groups excluding carboxylic acids is 1. The first-order valence-electron chi connectivity index (χ1n) is 5.38. The lowest BCUT2D eigenvalue weighted by atomic mass is 10.1. The van der Waals surface area contributed by atoms with E-state index in [4.69, 9.17) is 4.42 Å². The standard InChI is InChI=1S/C11H11F3N2O3/c1-6-5-10(18,11(12,13)14)16(15-6)9(17)8-3-4-19-7(8)2/h3-4,18H,5H2,1-2H3/t10-/m0/s1. The molecule has 1 aromatic rings. The predicted molar refractivity (Wildman–Crippen MR) is 58.3 cm³/mol. The quantitative estimate of drug-likeness (QED) is 0.853. The third-order valence-electron chi connectivity index (χ3n) is 2.86. The van der Waals surface area contributed by atoms with Crippen molar-refractivity contribution >= 4 is 11.6 Å². The minimum Gasteiger partial charge on any atom is -0.469 e. The van der Waals surface area contributed by atoms with Crippen molar-refractivity contribution in [2.24, 2.45) is 5.10 Å². The van der Waals surface area contributed by atoms with Crippen LogP contribution in [0.3, 0.4) is 0 Å². The van der Waals surface area contributed by atoms with Crippen LogP contribution in [0.1, 0.15) is 29.5 Å². The normalized spacial score (nSPS) is 23.7. The molecule has 5 nitrogen and oxygen atoms in total. The first-order valence-corrected chi connectivity index (χ1v) is 5.38. The number of hydrogen-bond acceptors (Lipinski definition) is 4. The molecule has 1 amide bonds. The van der Waals surface area contributed by atoms with Crippen molar-refractivity contribution in [3.05, 3.63) is 23.7 Å². The summed E-state index contributed by atoms with van der Waals surface area (Å²) in [6.07, 6.45) is -4.58. The zero-order chi connectivity index (χ0) is 14.4. The Morgan fingerprint density at radius 1 is 1.53 bits per heavy atom. The molecule has 19 heavy (non-hydrogen) atoms. The van der Waals surface area contributed by atoms with Crippen LogP contribution in [0, 0.1) is 6.92 Å². The molecule has 104 valence electrons. The Kier molecular flexibility index (Phi) is 2.93. The highest BCUT2D eigenvalue weighted by atomic mass is 19.4. The molecule has 1 N–H and O–H groups in total. The molecule has 1 aliphatic heterocycles. The molecule has 0 spiro atoms. The predicted octanol–water partition coefficient (Wildman–Crippen LogP) is 2.06. The van der Waals surface area contributed by atoms with Gasteiger partial charge in [-0.25, -0.2) is 0 Å². The topological polar surface area (TPSA) is 66.0 Å². The van der Waals surface area contributed by atoms with Crippen LogP contribution in [-0.2, 0) is 0 Å². The number of aryl methyl sites for hydroxylation is 1. The number of rotatable bonds is 1. The van der Waals surface area contributed by atoms with E-state index in [0.29, 0.717) is 0 Å². The molecule has 1 aromatic heterocycles. The fraction of sp³-hybridized carbons (Fsp3) is 0.455. The van der Waals surface area contributed by atoms with Crippen LogP contribution in [-0.4, -0.2) is 33.6 Å². The van der Waals surface area contributed by atoms with Crippen molar-refractivity contribution in [2.75, 3.05) is 0 Å². The van der Waals surface area contributed by atoms with E-state index < -0.39 is 24.2 Å². The number of amides is 1. The van der Waals surface area contributed by atoms with Gasteiger partial charge in [0.2, 0.25) is 0 Å². The number of hydrazone groups is 1. The SMILES string of the molecule is CC1=NN(C(=O)c2ccoc2C)[C@@](O)(C(F)(F)F)C1. The molecular formula is C11H11F3N2O3. The smallest absolute Gasteiger partial charge is 0.438 e. The summed E-state index contributed by atoms with van der Waals surface area (Å²) in [5.41, 5.74) is -3.35. The Hall–Kier alpha value is -1.83. The van der Waals surface area contributed by atoms with Gasteiger partial charge in [0.05, 0.1) is 11.8 Å². The van der Waals surface area contributed by atoms with E-state index in [1.807, 2.05) is 0 Å². The number of nitrogens with zero attached hydrogens (tertiary/aromatic N) is 2. The molecule has 8 heteroatoms. The molecule has 0 radical (unpaired) electrons. The summed E-state index contributed by atoms with van der Waals surface area (Å²) in [6.45, 7) is 2.75. The number of aliphatic hydroxyl groups is 1. The van der Waals surface area contributed by atoms with E-state index in [1.54, 1.807) is 0 Å². The molecule has 0 aliphatic carbocycles. The lowest BCUT2D eigenvalue weighted by Gasteiger charge is -2.32. The van der Waals surface area contributed by atoms with E-state index >= 15 is 0 Å². The highest BCUT2D eigenvalue weighted by molar-refractivity contribution is 5.98. The second-order valence-corrected chi connectivity index (χ2v) is 4.33. The highest BCUT2D eigenvalue weighted by Crippen LogP contribution is 2.41. The number of halogens is 3. The molecule has 0 aromatic carbocycles. The summed E-state index contributed by atoms with van der Waals surface area (Å²) < 4.78 is 43.7. The number of hydrogen-bond donors (Lipinski definition) is 1. The summed E-state index contributed by atoms with van der Waals surface area (Å²) in [7, 11) is 0. The first kappa shape index (κ1) is 13.6. The third-order valence-corrected chi connectivity index (χ3v) is 2.86. The zero-order valence-corrected chi connectivity index (χ0v) is 10.2. The largest absolute Gasteiger partial charge is 0.469 e. The zero-order valence-electron chi connectivity index (χ0n) is 10.2. The van der Waals surface area contributed by atoms with Gasteiger partial charge in [0.1, 0.15) is 5.76 Å². The maximum Gasteiger partial charge on any atom is 0.438 e. The van der Waals surface area contributed by atoms with Crippen LogP contribution in [0.4, 0.5) is 13.2 Å². The van der Waals surface area contributed by atoms with Gasteiger partial charge in [0, 0.05) is 12.1 Å². The molecule has 1 atom stereocenters. The molecule has 2 heterocycles. The minimum absolute atomic E-state index is 0.0225. The van der Waals surface area contributed by atoms with Gasteiger partial charge in [0.25, 0.3) is 11.6 Å². The number of furan rings is 1. The fourth-order valence-corrected chi connectivity index (χ4v) is 1.88. The number of alkyl halides is 3. The number of carbonyl (C=O) groups is 1. The van der Waals surface area contributed by atoms with Crippen LogP contribution in [0.5, 0.6) is 0 Å². The summed E-state index contributed by atoms with van der Waals surface area (Å²) >= 11 is 0. The Morgan fingerprint density at radius 2 is 2.16 bits per heavy atom. The minimum atomic E-state index is -5.00. The average Bonchev–Trinajstić information content (AvgIpc) is 2.81. The summed E-state index contributed by atoms with van der Waals surface area (Å²) in [6, 6.07) is 1.23. The Morgan fingerprint density at radius 3 is 2.63 bits per heavy atom. The lowest BCUT2D eigenvalue weighted by Crippen LogP contribution is -2.56. The average molecular weight is 276 g/mol. The van der Waals surface area contributed by atoms with Gasteiger partial charge < -0.3 is 9.52 Å². The van der Waals surface area contributed by atoms with E-state index in [0.717, 1.165) is 0 Å². The summed E-state index contributed by atoms with van der Waals surface area (Å²) in [5.74, 6) is -0.891. The first-order chi connectivity index (χ1) is 8.67. The van der Waals surface area contributed by atoms with Crippen LogP contribution < -0.4 is 0 Å². The van der Waals surface area contributed by atoms with Gasteiger partial charge in [-0.2, -0.15) is 23.3 Å². The van der Waals surface area contributed by atoms with Gasteiger partial charge in [-0.1, -0.05) is 0 Å².